The Hall–Kier alpha value is -1.47. The van der Waals surface area contributed by atoms with Crippen LogP contribution in [0.15, 0.2) is 22.7 Å². The number of hydrogen-bond donors (Lipinski definition) is 1. The summed E-state index contributed by atoms with van der Waals surface area (Å²) in [6, 6.07) is 4.13. The van der Waals surface area contributed by atoms with Crippen LogP contribution in [0, 0.1) is 5.82 Å². The molecule has 1 amide bonds. The second-order valence-corrected chi connectivity index (χ2v) is 5.85. The van der Waals surface area contributed by atoms with Crippen molar-refractivity contribution in [2.75, 3.05) is 32.7 Å². The molecule has 114 valence electrons. The van der Waals surface area contributed by atoms with Gasteiger partial charge in [0.05, 0.1) is 6.42 Å². The molecule has 0 spiro atoms. The van der Waals surface area contributed by atoms with Gasteiger partial charge in [-0.2, -0.15) is 0 Å². The van der Waals surface area contributed by atoms with E-state index in [1.165, 1.54) is 12.1 Å². The molecule has 0 bridgehead atoms. The van der Waals surface area contributed by atoms with Gasteiger partial charge in [0, 0.05) is 42.8 Å². The highest BCUT2D eigenvalue weighted by Crippen LogP contribution is 2.17. The molecule has 2 rings (SSSR count). The summed E-state index contributed by atoms with van der Waals surface area (Å²) in [6.45, 7) is 2.80. The maximum atomic E-state index is 13.3. The van der Waals surface area contributed by atoms with Crippen LogP contribution in [0.4, 0.5) is 4.39 Å². The summed E-state index contributed by atoms with van der Waals surface area (Å²) in [4.78, 5) is 26.5. The number of carboxylic acid groups (broad SMARTS) is 1. The summed E-state index contributed by atoms with van der Waals surface area (Å²) in [7, 11) is 0. The Bertz CT molecular complexity index is 525. The summed E-state index contributed by atoms with van der Waals surface area (Å²) in [5.41, 5.74) is 0.320. The molecule has 1 aliphatic heterocycles. The molecular weight excluding hydrogens is 343 g/mol. The highest BCUT2D eigenvalue weighted by Gasteiger charge is 2.22. The van der Waals surface area contributed by atoms with E-state index >= 15 is 0 Å². The van der Waals surface area contributed by atoms with Gasteiger partial charge in [-0.3, -0.25) is 14.5 Å². The van der Waals surface area contributed by atoms with Crippen molar-refractivity contribution in [3.8, 4) is 0 Å². The summed E-state index contributed by atoms with van der Waals surface area (Å²) in [6.07, 6.45) is 0.102. The number of carbonyl (C=O) groups is 2. The molecular formula is C14H16BrFN2O3. The summed E-state index contributed by atoms with van der Waals surface area (Å²) < 4.78 is 13.9. The highest BCUT2D eigenvalue weighted by molar-refractivity contribution is 9.10. The minimum absolute atomic E-state index is 0.102. The highest BCUT2D eigenvalue weighted by atomic mass is 79.9. The zero-order valence-corrected chi connectivity index (χ0v) is 13.0. The van der Waals surface area contributed by atoms with Crippen LogP contribution in [0.1, 0.15) is 16.8 Å². The number of benzene rings is 1. The molecule has 7 heteroatoms. The lowest BCUT2D eigenvalue weighted by atomic mass is 10.1. The molecule has 1 fully saturated rings. The Labute approximate surface area is 130 Å². The molecule has 1 heterocycles. The number of hydrogen-bond acceptors (Lipinski definition) is 3. The predicted molar refractivity (Wildman–Crippen MR) is 78.7 cm³/mol. The van der Waals surface area contributed by atoms with Crippen molar-refractivity contribution in [3.05, 3.63) is 34.1 Å². The lowest BCUT2D eigenvalue weighted by Gasteiger charge is -2.34. The molecule has 1 N–H and O–H groups in total. The fourth-order valence-electron chi connectivity index (χ4n) is 2.29. The van der Waals surface area contributed by atoms with E-state index in [1.807, 2.05) is 4.90 Å². The van der Waals surface area contributed by atoms with Gasteiger partial charge in [-0.15, -0.1) is 0 Å². The predicted octanol–water partition coefficient (Wildman–Crippen LogP) is 1.82. The number of amides is 1. The molecule has 0 radical (unpaired) electrons. The SMILES string of the molecule is O=C(O)CCN1CCN(C(=O)c2cc(F)cc(Br)c2)CC1. The van der Waals surface area contributed by atoms with Gasteiger partial charge in [0.15, 0.2) is 0 Å². The average Bonchev–Trinajstić information content (AvgIpc) is 2.44. The number of carboxylic acids is 1. The largest absolute Gasteiger partial charge is 0.481 e. The number of rotatable bonds is 4. The molecule has 0 unspecified atom stereocenters. The third-order valence-corrected chi connectivity index (χ3v) is 3.87. The van der Waals surface area contributed by atoms with Crippen molar-refractivity contribution < 1.29 is 19.1 Å². The van der Waals surface area contributed by atoms with Crippen molar-refractivity contribution in [1.29, 1.82) is 0 Å². The molecule has 0 saturated carbocycles. The molecule has 1 aromatic rings. The van der Waals surface area contributed by atoms with Crippen LogP contribution in [0.5, 0.6) is 0 Å². The smallest absolute Gasteiger partial charge is 0.304 e. The zero-order valence-electron chi connectivity index (χ0n) is 11.4. The first kappa shape index (κ1) is 15.9. The van der Waals surface area contributed by atoms with Crippen molar-refractivity contribution in [2.45, 2.75) is 6.42 Å². The zero-order chi connectivity index (χ0) is 15.4. The van der Waals surface area contributed by atoms with Gasteiger partial charge in [0.1, 0.15) is 5.82 Å². The third kappa shape index (κ3) is 4.50. The normalized spacial score (nSPS) is 16.0. The van der Waals surface area contributed by atoms with Crippen molar-refractivity contribution in [2.24, 2.45) is 0 Å². The average molecular weight is 359 g/mol. The van der Waals surface area contributed by atoms with Gasteiger partial charge in [-0.05, 0) is 18.2 Å². The van der Waals surface area contributed by atoms with E-state index in [0.717, 1.165) is 0 Å². The number of carbonyl (C=O) groups excluding carboxylic acids is 1. The minimum Gasteiger partial charge on any atom is -0.481 e. The van der Waals surface area contributed by atoms with Gasteiger partial charge in [-0.25, -0.2) is 4.39 Å². The number of aliphatic carboxylic acids is 1. The van der Waals surface area contributed by atoms with E-state index in [9.17, 15) is 14.0 Å². The van der Waals surface area contributed by atoms with E-state index < -0.39 is 11.8 Å². The molecule has 5 nitrogen and oxygen atoms in total. The van der Waals surface area contributed by atoms with E-state index in [0.29, 0.717) is 42.8 Å². The molecule has 0 atom stereocenters. The maximum absolute atomic E-state index is 13.3. The van der Waals surface area contributed by atoms with E-state index in [1.54, 1.807) is 11.0 Å². The van der Waals surface area contributed by atoms with Crippen LogP contribution in [-0.4, -0.2) is 59.5 Å². The first-order chi connectivity index (χ1) is 9.95. The quantitative estimate of drug-likeness (QED) is 0.891. The van der Waals surface area contributed by atoms with Crippen LogP contribution in [0.2, 0.25) is 0 Å². The van der Waals surface area contributed by atoms with Crippen LogP contribution in [0.25, 0.3) is 0 Å². The topological polar surface area (TPSA) is 60.9 Å². The minimum atomic E-state index is -0.821. The van der Waals surface area contributed by atoms with Gasteiger partial charge < -0.3 is 10.0 Å². The lowest BCUT2D eigenvalue weighted by Crippen LogP contribution is -2.49. The standard InChI is InChI=1S/C14H16BrFN2O3/c15-11-7-10(8-12(16)9-11)14(21)18-5-3-17(4-6-18)2-1-13(19)20/h7-9H,1-6H2,(H,19,20). The molecule has 1 aliphatic rings. The number of piperazine rings is 1. The Morgan fingerprint density at radius 1 is 1.19 bits per heavy atom. The van der Waals surface area contributed by atoms with Crippen molar-refractivity contribution >= 4 is 27.8 Å². The fourth-order valence-corrected chi connectivity index (χ4v) is 2.75. The van der Waals surface area contributed by atoms with Crippen LogP contribution in [-0.2, 0) is 4.79 Å². The summed E-state index contributed by atoms with van der Waals surface area (Å²) >= 11 is 3.17. The van der Waals surface area contributed by atoms with Crippen molar-refractivity contribution in [1.82, 2.24) is 9.80 Å². The monoisotopic (exact) mass is 358 g/mol. The van der Waals surface area contributed by atoms with Gasteiger partial charge in [0.2, 0.25) is 0 Å². The molecule has 0 aromatic heterocycles. The van der Waals surface area contributed by atoms with Crippen LogP contribution in [0.3, 0.4) is 0 Å². The van der Waals surface area contributed by atoms with E-state index in [2.05, 4.69) is 15.9 Å². The number of nitrogens with zero attached hydrogens (tertiary/aromatic N) is 2. The van der Waals surface area contributed by atoms with Crippen LogP contribution >= 0.6 is 15.9 Å². The summed E-state index contributed by atoms with van der Waals surface area (Å²) in [5.74, 6) is -1.47. The van der Waals surface area contributed by atoms with Gasteiger partial charge in [0.25, 0.3) is 5.91 Å². The number of halogens is 2. The van der Waals surface area contributed by atoms with Gasteiger partial charge in [-0.1, -0.05) is 15.9 Å². The second kappa shape index (κ2) is 7.00. The van der Waals surface area contributed by atoms with Gasteiger partial charge >= 0.3 is 5.97 Å². The van der Waals surface area contributed by atoms with E-state index in [4.69, 9.17) is 5.11 Å². The maximum Gasteiger partial charge on any atom is 0.304 e. The Balaban J connectivity index is 1.92. The Morgan fingerprint density at radius 3 is 2.43 bits per heavy atom. The molecule has 21 heavy (non-hydrogen) atoms. The first-order valence-corrected chi connectivity index (χ1v) is 7.44. The Morgan fingerprint density at radius 2 is 1.86 bits per heavy atom. The fraction of sp³-hybridized carbons (Fsp3) is 0.429. The summed E-state index contributed by atoms with van der Waals surface area (Å²) in [5, 5.41) is 8.65. The molecule has 0 aliphatic carbocycles. The lowest BCUT2D eigenvalue weighted by molar-refractivity contribution is -0.137. The first-order valence-electron chi connectivity index (χ1n) is 6.65. The second-order valence-electron chi connectivity index (χ2n) is 4.94. The third-order valence-electron chi connectivity index (χ3n) is 3.41. The van der Waals surface area contributed by atoms with Crippen molar-refractivity contribution in [3.63, 3.8) is 0 Å². The van der Waals surface area contributed by atoms with Crippen LogP contribution < -0.4 is 0 Å². The van der Waals surface area contributed by atoms with E-state index in [-0.39, 0.29) is 12.3 Å². The molecule has 1 saturated heterocycles. The Kier molecular flexibility index (Phi) is 5.30. The molecule has 1 aromatic carbocycles.